The second-order valence-corrected chi connectivity index (χ2v) is 7.09. The molecular weight excluding hydrogens is 372 g/mol. The fourth-order valence-corrected chi connectivity index (χ4v) is 3.38. The third-order valence-electron chi connectivity index (χ3n) is 4.89. The van der Waals surface area contributed by atoms with E-state index >= 15 is 0 Å². The Balaban J connectivity index is 2.17. The largest absolute Gasteiger partial charge is 0.507 e. The highest BCUT2D eigenvalue weighted by atomic mass is 16.5. The van der Waals surface area contributed by atoms with Gasteiger partial charge in [0.2, 0.25) is 0 Å². The van der Waals surface area contributed by atoms with E-state index in [0.29, 0.717) is 24.2 Å². The summed E-state index contributed by atoms with van der Waals surface area (Å²) < 4.78 is 5.19. The summed E-state index contributed by atoms with van der Waals surface area (Å²) in [7, 11) is 5.17. The quantitative estimate of drug-likeness (QED) is 0.443. The van der Waals surface area contributed by atoms with Crippen molar-refractivity contribution in [1.82, 2.24) is 9.80 Å². The average molecular weight is 396 g/mol. The second kappa shape index (κ2) is 8.36. The number of aromatic hydroxyl groups is 1. The van der Waals surface area contributed by atoms with Crippen LogP contribution in [0.5, 0.6) is 11.5 Å². The van der Waals surface area contributed by atoms with Gasteiger partial charge >= 0.3 is 0 Å². The number of nitrogens with zero attached hydrogens (tertiary/aromatic N) is 2. The van der Waals surface area contributed by atoms with Crippen molar-refractivity contribution in [2.75, 3.05) is 34.3 Å². The summed E-state index contributed by atoms with van der Waals surface area (Å²) >= 11 is 0. The lowest BCUT2D eigenvalue weighted by Gasteiger charge is -2.27. The van der Waals surface area contributed by atoms with E-state index in [1.54, 1.807) is 42.5 Å². The first-order valence-corrected chi connectivity index (χ1v) is 9.20. The van der Waals surface area contributed by atoms with E-state index in [1.807, 2.05) is 19.0 Å². The number of ketones is 1. The van der Waals surface area contributed by atoms with Crippen molar-refractivity contribution < 1.29 is 24.5 Å². The van der Waals surface area contributed by atoms with Crippen molar-refractivity contribution in [2.45, 2.75) is 6.04 Å². The number of aliphatic hydroxyl groups excluding tert-OH is 1. The molecule has 2 aromatic rings. The number of carbonyl (C=O) groups excluding carboxylic acids is 2. The van der Waals surface area contributed by atoms with E-state index < -0.39 is 17.7 Å². The number of likely N-dealkylation sites (N-methyl/N-ethyl adjacent to an activating group) is 1. The molecule has 7 nitrogen and oxygen atoms in total. The van der Waals surface area contributed by atoms with E-state index in [2.05, 4.69) is 0 Å². The Morgan fingerprint density at radius 3 is 2.45 bits per heavy atom. The summed E-state index contributed by atoms with van der Waals surface area (Å²) in [5.74, 6) is -1.46. The number of likely N-dealkylation sites (tertiary alicyclic amines) is 1. The molecule has 3 rings (SSSR count). The third kappa shape index (κ3) is 3.95. The maximum Gasteiger partial charge on any atom is 0.295 e. The monoisotopic (exact) mass is 396 g/mol. The summed E-state index contributed by atoms with van der Waals surface area (Å²) in [6, 6.07) is 12.5. The molecule has 7 heteroatoms. The summed E-state index contributed by atoms with van der Waals surface area (Å²) in [4.78, 5) is 29.0. The van der Waals surface area contributed by atoms with E-state index in [-0.39, 0.29) is 22.8 Å². The zero-order chi connectivity index (χ0) is 21.1. The number of hydrogen-bond acceptors (Lipinski definition) is 6. The molecule has 0 saturated carbocycles. The molecule has 1 aliphatic rings. The van der Waals surface area contributed by atoms with Gasteiger partial charge in [0.25, 0.3) is 11.7 Å². The molecule has 0 aromatic heterocycles. The van der Waals surface area contributed by atoms with Crippen LogP contribution in [0.15, 0.2) is 54.1 Å². The molecule has 0 radical (unpaired) electrons. The highest BCUT2D eigenvalue weighted by molar-refractivity contribution is 6.46. The lowest BCUT2D eigenvalue weighted by molar-refractivity contribution is -0.140. The Morgan fingerprint density at radius 1 is 1.14 bits per heavy atom. The fourth-order valence-electron chi connectivity index (χ4n) is 3.38. The molecular formula is C22H24N2O5. The maximum atomic E-state index is 12.9. The zero-order valence-corrected chi connectivity index (χ0v) is 16.6. The minimum Gasteiger partial charge on any atom is -0.507 e. The smallest absolute Gasteiger partial charge is 0.295 e. The van der Waals surface area contributed by atoms with E-state index in [1.165, 1.54) is 18.1 Å². The van der Waals surface area contributed by atoms with Crippen molar-refractivity contribution in [2.24, 2.45) is 0 Å². The van der Waals surface area contributed by atoms with E-state index in [4.69, 9.17) is 4.74 Å². The Morgan fingerprint density at radius 2 is 1.83 bits per heavy atom. The molecule has 0 bridgehead atoms. The van der Waals surface area contributed by atoms with Crippen LogP contribution in [0.4, 0.5) is 0 Å². The molecule has 1 aliphatic heterocycles. The maximum absolute atomic E-state index is 12.9. The Hall–Kier alpha value is -3.32. The standard InChI is InChI=1S/C22H24N2O5/c1-23(2)11-12-24-19(15-9-10-16(25)17(13-15)29-3)18(21(27)22(24)28)20(26)14-7-5-4-6-8-14/h4-10,13,19,25-26H,11-12H2,1-3H3. The van der Waals surface area contributed by atoms with Crippen LogP contribution >= 0.6 is 0 Å². The lowest BCUT2D eigenvalue weighted by atomic mass is 9.95. The van der Waals surface area contributed by atoms with Gasteiger partial charge in [0.05, 0.1) is 18.7 Å². The van der Waals surface area contributed by atoms with Gasteiger partial charge in [-0.15, -0.1) is 0 Å². The van der Waals surface area contributed by atoms with E-state index in [0.717, 1.165) is 0 Å². The number of benzene rings is 2. The van der Waals surface area contributed by atoms with Crippen LogP contribution in [0.25, 0.3) is 5.76 Å². The Kier molecular flexibility index (Phi) is 5.89. The highest BCUT2D eigenvalue weighted by Gasteiger charge is 2.46. The number of carbonyl (C=O) groups is 2. The molecule has 1 saturated heterocycles. The van der Waals surface area contributed by atoms with Crippen molar-refractivity contribution in [3.63, 3.8) is 0 Å². The topological polar surface area (TPSA) is 90.3 Å². The molecule has 0 spiro atoms. The van der Waals surface area contributed by atoms with Gasteiger partial charge in [0.1, 0.15) is 5.76 Å². The number of aliphatic hydroxyl groups is 1. The summed E-state index contributed by atoms with van der Waals surface area (Å²) in [6.07, 6.45) is 0. The second-order valence-electron chi connectivity index (χ2n) is 7.09. The van der Waals surface area contributed by atoms with Crippen LogP contribution in [0.2, 0.25) is 0 Å². The average Bonchev–Trinajstić information content (AvgIpc) is 2.97. The summed E-state index contributed by atoms with van der Waals surface area (Å²) in [5.41, 5.74) is 1.04. The molecule has 29 heavy (non-hydrogen) atoms. The highest BCUT2D eigenvalue weighted by Crippen LogP contribution is 2.41. The summed E-state index contributed by atoms with van der Waals surface area (Å²) in [6.45, 7) is 0.848. The third-order valence-corrected chi connectivity index (χ3v) is 4.89. The van der Waals surface area contributed by atoms with E-state index in [9.17, 15) is 19.8 Å². The normalized spacial score (nSPS) is 18.5. The van der Waals surface area contributed by atoms with Crippen LogP contribution in [0.1, 0.15) is 17.2 Å². The van der Waals surface area contributed by atoms with Gasteiger partial charge in [-0.2, -0.15) is 0 Å². The van der Waals surface area contributed by atoms with Crippen molar-refractivity contribution in [3.8, 4) is 11.5 Å². The molecule has 1 atom stereocenters. The van der Waals surface area contributed by atoms with Crippen molar-refractivity contribution in [1.29, 1.82) is 0 Å². The molecule has 152 valence electrons. The molecule has 1 fully saturated rings. The number of methoxy groups -OCH3 is 1. The zero-order valence-electron chi connectivity index (χ0n) is 16.6. The SMILES string of the molecule is COc1cc(C2C(=C(O)c3ccccc3)C(=O)C(=O)N2CCN(C)C)ccc1O. The number of hydrogen-bond donors (Lipinski definition) is 2. The molecule has 1 heterocycles. The number of phenolic OH excluding ortho intramolecular Hbond substituents is 1. The van der Waals surface area contributed by atoms with Gasteiger partial charge < -0.3 is 24.7 Å². The number of rotatable bonds is 6. The minimum absolute atomic E-state index is 0.0210. The van der Waals surface area contributed by atoms with Crippen LogP contribution in [-0.4, -0.2) is 66.0 Å². The van der Waals surface area contributed by atoms with Gasteiger partial charge in [0, 0.05) is 18.7 Å². The Bertz CT molecular complexity index is 953. The molecule has 2 N–H and O–H groups in total. The number of ether oxygens (including phenoxy) is 1. The first-order valence-electron chi connectivity index (χ1n) is 9.20. The lowest BCUT2D eigenvalue weighted by Crippen LogP contribution is -2.35. The van der Waals surface area contributed by atoms with Crippen LogP contribution < -0.4 is 4.74 Å². The minimum atomic E-state index is -0.787. The Labute approximate surface area is 169 Å². The van der Waals surface area contributed by atoms with Crippen molar-refractivity contribution >= 4 is 17.4 Å². The number of phenols is 1. The molecule has 1 unspecified atom stereocenters. The number of amides is 1. The first-order chi connectivity index (χ1) is 13.8. The first kappa shape index (κ1) is 20.4. The molecule has 0 aliphatic carbocycles. The molecule has 2 aromatic carbocycles. The predicted molar refractivity (Wildman–Crippen MR) is 109 cm³/mol. The summed E-state index contributed by atoms with van der Waals surface area (Å²) in [5, 5.41) is 20.8. The number of Topliss-reactive ketones (excluding diaryl/α,β-unsaturated/α-hetero) is 1. The van der Waals surface area contributed by atoms with Gasteiger partial charge in [-0.05, 0) is 31.8 Å². The van der Waals surface area contributed by atoms with Crippen molar-refractivity contribution in [3.05, 3.63) is 65.2 Å². The fraction of sp³-hybridized carbons (Fsp3) is 0.273. The molecule has 1 amide bonds. The van der Waals surface area contributed by atoms with Crippen LogP contribution in [-0.2, 0) is 9.59 Å². The predicted octanol–water partition coefficient (Wildman–Crippen LogP) is 2.38. The van der Waals surface area contributed by atoms with Gasteiger partial charge in [-0.25, -0.2) is 0 Å². The van der Waals surface area contributed by atoms with Crippen LogP contribution in [0.3, 0.4) is 0 Å². The van der Waals surface area contributed by atoms with Crippen LogP contribution in [0, 0.1) is 0 Å². The van der Waals surface area contributed by atoms with Gasteiger partial charge in [-0.3, -0.25) is 9.59 Å². The van der Waals surface area contributed by atoms with Gasteiger partial charge in [-0.1, -0.05) is 36.4 Å². The van der Waals surface area contributed by atoms with Gasteiger partial charge in [0.15, 0.2) is 11.5 Å².